The lowest BCUT2D eigenvalue weighted by Gasteiger charge is -2.29. The van der Waals surface area contributed by atoms with Gasteiger partial charge in [-0.15, -0.1) is 0 Å². The lowest BCUT2D eigenvalue weighted by Crippen LogP contribution is -2.47. The molecule has 108 valence electrons. The summed E-state index contributed by atoms with van der Waals surface area (Å²) in [6.07, 6.45) is 2.85. The maximum atomic E-state index is 10.7. The van der Waals surface area contributed by atoms with Gasteiger partial charge in [0.1, 0.15) is 5.82 Å². The van der Waals surface area contributed by atoms with E-state index in [4.69, 9.17) is 10.2 Å². The summed E-state index contributed by atoms with van der Waals surface area (Å²) >= 11 is 0. The van der Waals surface area contributed by atoms with Crippen molar-refractivity contribution < 1.29 is 20.2 Å². The molecule has 9 nitrogen and oxygen atoms in total. The van der Waals surface area contributed by atoms with Gasteiger partial charge in [0.05, 0.1) is 13.2 Å². The molecular weight excluding hydrogens is 256 g/mol. The number of nitrogens with one attached hydrogen (secondary N) is 1. The highest BCUT2D eigenvalue weighted by atomic mass is 16.6. The third-order valence-corrected chi connectivity index (χ3v) is 2.65. The molecular formula is C10H18N4O5. The molecule has 1 unspecified atom stereocenters. The fourth-order valence-electron chi connectivity index (χ4n) is 1.86. The van der Waals surface area contributed by atoms with Crippen molar-refractivity contribution in [1.82, 2.24) is 14.9 Å². The molecule has 1 heterocycles. The summed E-state index contributed by atoms with van der Waals surface area (Å²) in [4.78, 5) is 18.1. The number of imidazole rings is 1. The van der Waals surface area contributed by atoms with E-state index in [0.717, 1.165) is 0 Å². The molecule has 1 rings (SSSR count). The van der Waals surface area contributed by atoms with Gasteiger partial charge in [0.15, 0.2) is 5.60 Å². The quantitative estimate of drug-likeness (QED) is 0.307. The fourth-order valence-corrected chi connectivity index (χ4v) is 1.86. The maximum absolute atomic E-state index is 10.7. The first kappa shape index (κ1) is 15.5. The van der Waals surface area contributed by atoms with E-state index in [-0.39, 0.29) is 38.7 Å². The fraction of sp³-hybridized carbons (Fsp3) is 0.700. The van der Waals surface area contributed by atoms with Crippen molar-refractivity contribution in [2.45, 2.75) is 5.60 Å². The zero-order valence-corrected chi connectivity index (χ0v) is 10.4. The number of H-pyrrole nitrogens is 1. The Morgan fingerprint density at radius 1 is 1.42 bits per heavy atom. The summed E-state index contributed by atoms with van der Waals surface area (Å²) in [6.45, 7) is -0.779. The zero-order chi connectivity index (χ0) is 14.3. The van der Waals surface area contributed by atoms with Gasteiger partial charge in [0.2, 0.25) is 6.54 Å². The van der Waals surface area contributed by atoms with E-state index in [9.17, 15) is 15.2 Å². The molecule has 0 saturated carbocycles. The van der Waals surface area contributed by atoms with Gasteiger partial charge in [-0.2, -0.15) is 0 Å². The van der Waals surface area contributed by atoms with Crippen LogP contribution in [-0.4, -0.2) is 74.5 Å². The summed E-state index contributed by atoms with van der Waals surface area (Å²) in [5.41, 5.74) is -1.79. The smallest absolute Gasteiger partial charge is 0.240 e. The molecule has 1 aromatic heterocycles. The number of aliphatic hydroxyl groups excluding tert-OH is 2. The molecule has 0 aliphatic heterocycles. The van der Waals surface area contributed by atoms with E-state index >= 15 is 0 Å². The third-order valence-electron chi connectivity index (χ3n) is 2.65. The Morgan fingerprint density at radius 2 is 2.05 bits per heavy atom. The van der Waals surface area contributed by atoms with E-state index in [1.165, 1.54) is 17.3 Å². The largest absolute Gasteiger partial charge is 0.395 e. The van der Waals surface area contributed by atoms with Crippen molar-refractivity contribution in [3.8, 4) is 0 Å². The van der Waals surface area contributed by atoms with Crippen LogP contribution in [0.4, 0.5) is 0 Å². The van der Waals surface area contributed by atoms with Crippen molar-refractivity contribution in [1.29, 1.82) is 0 Å². The van der Waals surface area contributed by atoms with E-state index < -0.39 is 17.1 Å². The first-order chi connectivity index (χ1) is 9.01. The number of nitrogens with zero attached hydrogens (tertiary/aromatic N) is 3. The van der Waals surface area contributed by atoms with Crippen molar-refractivity contribution in [3.63, 3.8) is 0 Å². The number of hydrogen-bond donors (Lipinski definition) is 4. The van der Waals surface area contributed by atoms with Crippen molar-refractivity contribution in [2.75, 3.05) is 39.4 Å². The molecule has 0 aliphatic rings. The van der Waals surface area contributed by atoms with Gasteiger partial charge in [-0.3, -0.25) is 15.0 Å². The highest BCUT2D eigenvalue weighted by molar-refractivity contribution is 5.03. The molecule has 1 atom stereocenters. The molecule has 9 heteroatoms. The van der Waals surface area contributed by atoms with Crippen LogP contribution in [0, 0.1) is 10.1 Å². The Morgan fingerprint density at radius 3 is 2.47 bits per heavy atom. The first-order valence-electron chi connectivity index (χ1n) is 5.80. The maximum Gasteiger partial charge on any atom is 0.240 e. The van der Waals surface area contributed by atoms with Crippen LogP contribution < -0.4 is 0 Å². The Labute approximate surface area is 109 Å². The second-order valence-electron chi connectivity index (χ2n) is 4.18. The Hall–Kier alpha value is -1.55. The topological polar surface area (TPSA) is 136 Å². The molecule has 0 spiro atoms. The monoisotopic (exact) mass is 274 g/mol. The van der Waals surface area contributed by atoms with Gasteiger partial charge < -0.3 is 20.3 Å². The molecule has 4 N–H and O–H groups in total. The molecule has 0 fully saturated rings. The van der Waals surface area contributed by atoms with Crippen LogP contribution in [0.1, 0.15) is 5.82 Å². The summed E-state index contributed by atoms with van der Waals surface area (Å²) < 4.78 is 0. The molecule has 0 aromatic carbocycles. The summed E-state index contributed by atoms with van der Waals surface area (Å²) in [5.74, 6) is 0.0880. The van der Waals surface area contributed by atoms with Crippen LogP contribution in [-0.2, 0) is 5.60 Å². The average molecular weight is 274 g/mol. The van der Waals surface area contributed by atoms with Gasteiger partial charge in [-0.25, -0.2) is 4.98 Å². The molecule has 0 saturated heterocycles. The van der Waals surface area contributed by atoms with Crippen LogP contribution in [0.3, 0.4) is 0 Å². The lowest BCUT2D eigenvalue weighted by atomic mass is 10.0. The number of aromatic nitrogens is 2. The van der Waals surface area contributed by atoms with Crippen molar-refractivity contribution >= 4 is 0 Å². The summed E-state index contributed by atoms with van der Waals surface area (Å²) in [6, 6.07) is 0. The van der Waals surface area contributed by atoms with Crippen LogP contribution in [0.5, 0.6) is 0 Å². The molecule has 0 amide bonds. The number of rotatable bonds is 9. The van der Waals surface area contributed by atoms with E-state index in [2.05, 4.69) is 9.97 Å². The minimum atomic E-state index is -1.79. The second kappa shape index (κ2) is 7.14. The number of aromatic amines is 1. The van der Waals surface area contributed by atoms with Crippen LogP contribution >= 0.6 is 0 Å². The Kier molecular flexibility index (Phi) is 5.83. The SMILES string of the molecule is O=[N+]([O-])CC(O)(CN(CCO)CCO)c1ncc[nH]1. The standard InChI is InChI=1S/C10H18N4O5/c15-5-3-13(4-6-16)7-10(17,8-14(18)19)9-11-1-2-12-9/h1-2,15-17H,3-8H2,(H,11,12). The number of hydrogen-bond acceptors (Lipinski definition) is 7. The van der Waals surface area contributed by atoms with Crippen molar-refractivity contribution in [3.05, 3.63) is 28.3 Å². The first-order valence-corrected chi connectivity index (χ1v) is 5.80. The van der Waals surface area contributed by atoms with Crippen LogP contribution in [0.2, 0.25) is 0 Å². The minimum Gasteiger partial charge on any atom is -0.395 e. The summed E-state index contributed by atoms with van der Waals surface area (Å²) in [5, 5.41) is 38.9. The minimum absolute atomic E-state index is 0.0880. The molecule has 0 radical (unpaired) electrons. The van der Waals surface area contributed by atoms with E-state index in [1.54, 1.807) is 0 Å². The summed E-state index contributed by atoms with van der Waals surface area (Å²) in [7, 11) is 0. The molecule has 0 bridgehead atoms. The lowest BCUT2D eigenvalue weighted by molar-refractivity contribution is -0.503. The number of nitro groups is 1. The van der Waals surface area contributed by atoms with Crippen LogP contribution in [0.15, 0.2) is 12.4 Å². The molecule has 1 aromatic rings. The normalized spacial score (nSPS) is 14.5. The highest BCUT2D eigenvalue weighted by Gasteiger charge is 2.39. The van der Waals surface area contributed by atoms with E-state index in [0.29, 0.717) is 0 Å². The average Bonchev–Trinajstić information content (AvgIpc) is 2.82. The third kappa shape index (κ3) is 4.56. The predicted molar refractivity (Wildman–Crippen MR) is 65.0 cm³/mol. The molecule has 0 aliphatic carbocycles. The Balaban J connectivity index is 2.87. The van der Waals surface area contributed by atoms with E-state index in [1.807, 2.05) is 0 Å². The van der Waals surface area contributed by atoms with Gasteiger partial charge in [0, 0.05) is 37.0 Å². The van der Waals surface area contributed by atoms with Gasteiger partial charge in [-0.05, 0) is 0 Å². The van der Waals surface area contributed by atoms with Gasteiger partial charge in [-0.1, -0.05) is 0 Å². The second-order valence-corrected chi connectivity index (χ2v) is 4.18. The van der Waals surface area contributed by atoms with Gasteiger partial charge >= 0.3 is 0 Å². The Bertz CT molecular complexity index is 379. The van der Waals surface area contributed by atoms with Gasteiger partial charge in [0.25, 0.3) is 0 Å². The zero-order valence-electron chi connectivity index (χ0n) is 10.4. The molecule has 19 heavy (non-hydrogen) atoms. The van der Waals surface area contributed by atoms with Crippen molar-refractivity contribution in [2.24, 2.45) is 0 Å². The van der Waals surface area contributed by atoms with Crippen LogP contribution in [0.25, 0.3) is 0 Å². The predicted octanol–water partition coefficient (Wildman–Crippen LogP) is -1.84. The number of aliphatic hydroxyl groups is 3. The highest BCUT2D eigenvalue weighted by Crippen LogP contribution is 2.19.